The van der Waals surface area contributed by atoms with E-state index in [0.29, 0.717) is 5.82 Å². The molecule has 4 heteroatoms. The van der Waals surface area contributed by atoms with Crippen LogP contribution in [0.3, 0.4) is 0 Å². The molecule has 2 aromatic rings. The predicted octanol–water partition coefficient (Wildman–Crippen LogP) is 2.83. The Kier molecular flexibility index (Phi) is 3.03. The van der Waals surface area contributed by atoms with Crippen molar-refractivity contribution < 1.29 is 4.74 Å². The molecule has 1 fully saturated rings. The van der Waals surface area contributed by atoms with Crippen LogP contribution in [0.5, 0.6) is 0 Å². The van der Waals surface area contributed by atoms with Crippen molar-refractivity contribution in [2.75, 3.05) is 12.3 Å². The third-order valence-electron chi connectivity index (χ3n) is 3.77. The van der Waals surface area contributed by atoms with Gasteiger partial charge in [-0.2, -0.15) is 5.10 Å². The minimum Gasteiger partial charge on any atom is -0.383 e. The highest BCUT2D eigenvalue weighted by atomic mass is 16.5. The van der Waals surface area contributed by atoms with Crippen molar-refractivity contribution in [3.8, 4) is 11.1 Å². The Bertz CT molecular complexity index is 597. The minimum absolute atomic E-state index is 0.0816. The summed E-state index contributed by atoms with van der Waals surface area (Å²) in [5.41, 5.74) is 10.6. The number of nitrogens with two attached hydrogens (primary N) is 1. The van der Waals surface area contributed by atoms with Crippen molar-refractivity contribution in [3.63, 3.8) is 0 Å². The van der Waals surface area contributed by atoms with Crippen LogP contribution < -0.4 is 5.73 Å². The zero-order chi connectivity index (χ0) is 13.4. The first kappa shape index (κ1) is 12.2. The molecule has 3 rings (SSSR count). The number of nitrogens with zero attached hydrogens (tertiary/aromatic N) is 2. The van der Waals surface area contributed by atoms with Gasteiger partial charge in [-0.05, 0) is 30.9 Å². The summed E-state index contributed by atoms with van der Waals surface area (Å²) in [6, 6.07) is 8.27. The minimum atomic E-state index is 0.0816. The average Bonchev–Trinajstić information content (AvgIpc) is 3.01. The van der Waals surface area contributed by atoms with Gasteiger partial charge in [0.2, 0.25) is 0 Å². The van der Waals surface area contributed by atoms with Gasteiger partial charge < -0.3 is 10.5 Å². The van der Waals surface area contributed by atoms with Crippen LogP contribution in [0.2, 0.25) is 0 Å². The topological polar surface area (TPSA) is 53.1 Å². The molecule has 2 heterocycles. The molecule has 1 unspecified atom stereocenters. The lowest BCUT2D eigenvalue weighted by molar-refractivity contribution is 0.108. The lowest BCUT2D eigenvalue weighted by atomic mass is 9.97. The molecule has 1 aromatic carbocycles. The van der Waals surface area contributed by atoms with E-state index < -0.39 is 0 Å². The normalized spacial score (nSPS) is 18.9. The second kappa shape index (κ2) is 4.70. The average molecular weight is 257 g/mol. The smallest absolute Gasteiger partial charge is 0.129 e. The first-order valence-corrected chi connectivity index (χ1v) is 6.68. The van der Waals surface area contributed by atoms with E-state index in [-0.39, 0.29) is 6.10 Å². The Morgan fingerprint density at radius 1 is 1.37 bits per heavy atom. The van der Waals surface area contributed by atoms with Crippen molar-refractivity contribution in [2.24, 2.45) is 7.05 Å². The van der Waals surface area contributed by atoms with Crippen molar-refractivity contribution in [2.45, 2.75) is 25.9 Å². The molecule has 0 saturated carbocycles. The largest absolute Gasteiger partial charge is 0.383 e. The molecule has 1 aromatic heterocycles. The number of anilines is 1. The van der Waals surface area contributed by atoms with Crippen LogP contribution in [0.25, 0.3) is 11.1 Å². The number of ether oxygens (including phenoxy) is 1. The molecule has 1 saturated heterocycles. The number of hydrogen-bond acceptors (Lipinski definition) is 3. The maximum absolute atomic E-state index is 6.22. The SMILES string of the molecule is Cc1ccccc1-c1c(C2CCCO2)nn(C)c1N. The van der Waals surface area contributed by atoms with E-state index in [0.717, 1.165) is 36.3 Å². The second-order valence-corrected chi connectivity index (χ2v) is 5.09. The van der Waals surface area contributed by atoms with Gasteiger partial charge in [0.1, 0.15) is 17.6 Å². The van der Waals surface area contributed by atoms with E-state index in [4.69, 9.17) is 10.5 Å². The molecular formula is C15H19N3O. The Hall–Kier alpha value is -1.81. The molecule has 0 amide bonds. The first-order valence-electron chi connectivity index (χ1n) is 6.68. The fraction of sp³-hybridized carbons (Fsp3) is 0.400. The highest BCUT2D eigenvalue weighted by molar-refractivity contribution is 5.79. The van der Waals surface area contributed by atoms with Crippen LogP contribution in [-0.2, 0) is 11.8 Å². The van der Waals surface area contributed by atoms with E-state index in [1.54, 1.807) is 4.68 Å². The van der Waals surface area contributed by atoms with Crippen molar-refractivity contribution >= 4 is 5.82 Å². The number of rotatable bonds is 2. The molecule has 1 aliphatic rings. The third-order valence-corrected chi connectivity index (χ3v) is 3.77. The lowest BCUT2D eigenvalue weighted by Gasteiger charge is -2.11. The monoisotopic (exact) mass is 257 g/mol. The van der Waals surface area contributed by atoms with Crippen molar-refractivity contribution in [1.29, 1.82) is 0 Å². The molecule has 0 spiro atoms. The summed E-state index contributed by atoms with van der Waals surface area (Å²) in [7, 11) is 1.88. The summed E-state index contributed by atoms with van der Waals surface area (Å²) in [6.07, 6.45) is 2.20. The molecule has 1 aliphatic heterocycles. The van der Waals surface area contributed by atoms with Gasteiger partial charge >= 0.3 is 0 Å². The highest BCUT2D eigenvalue weighted by Crippen LogP contribution is 2.39. The fourth-order valence-electron chi connectivity index (χ4n) is 2.71. The second-order valence-electron chi connectivity index (χ2n) is 5.09. The summed E-state index contributed by atoms with van der Waals surface area (Å²) in [5, 5.41) is 4.58. The maximum Gasteiger partial charge on any atom is 0.129 e. The van der Waals surface area contributed by atoms with Crippen LogP contribution in [0.4, 0.5) is 5.82 Å². The number of aromatic nitrogens is 2. The molecule has 19 heavy (non-hydrogen) atoms. The van der Waals surface area contributed by atoms with E-state index in [1.807, 2.05) is 19.2 Å². The third kappa shape index (κ3) is 2.02. The van der Waals surface area contributed by atoms with Gasteiger partial charge in [0.05, 0.1) is 0 Å². The van der Waals surface area contributed by atoms with Crippen LogP contribution in [0.15, 0.2) is 24.3 Å². The van der Waals surface area contributed by atoms with Crippen LogP contribution in [0.1, 0.15) is 30.2 Å². The molecule has 0 bridgehead atoms. The summed E-state index contributed by atoms with van der Waals surface area (Å²) >= 11 is 0. The van der Waals surface area contributed by atoms with E-state index >= 15 is 0 Å². The van der Waals surface area contributed by atoms with Crippen LogP contribution in [-0.4, -0.2) is 16.4 Å². The van der Waals surface area contributed by atoms with Gasteiger partial charge in [-0.3, -0.25) is 4.68 Å². The van der Waals surface area contributed by atoms with E-state index in [9.17, 15) is 0 Å². The lowest BCUT2D eigenvalue weighted by Crippen LogP contribution is -2.00. The zero-order valence-corrected chi connectivity index (χ0v) is 11.4. The van der Waals surface area contributed by atoms with Crippen molar-refractivity contribution in [3.05, 3.63) is 35.5 Å². The molecule has 4 nitrogen and oxygen atoms in total. The Balaban J connectivity index is 2.16. The molecule has 0 aliphatic carbocycles. The first-order chi connectivity index (χ1) is 9.18. The molecule has 1 atom stereocenters. The van der Waals surface area contributed by atoms with E-state index in [1.165, 1.54) is 5.56 Å². The van der Waals surface area contributed by atoms with Crippen LogP contribution >= 0.6 is 0 Å². The van der Waals surface area contributed by atoms with Gasteiger partial charge in [-0.25, -0.2) is 0 Å². The zero-order valence-electron chi connectivity index (χ0n) is 11.4. The summed E-state index contributed by atoms with van der Waals surface area (Å²) in [4.78, 5) is 0. The number of benzene rings is 1. The maximum atomic E-state index is 6.22. The van der Waals surface area contributed by atoms with Gasteiger partial charge in [0, 0.05) is 19.2 Å². The van der Waals surface area contributed by atoms with Gasteiger partial charge in [-0.15, -0.1) is 0 Å². The Morgan fingerprint density at radius 3 is 2.84 bits per heavy atom. The van der Waals surface area contributed by atoms with Crippen molar-refractivity contribution in [1.82, 2.24) is 9.78 Å². The van der Waals surface area contributed by atoms with Gasteiger partial charge in [0.25, 0.3) is 0 Å². The number of nitrogen functional groups attached to an aromatic ring is 1. The predicted molar refractivity (Wildman–Crippen MR) is 75.7 cm³/mol. The summed E-state index contributed by atoms with van der Waals surface area (Å²) in [5.74, 6) is 0.708. The number of aryl methyl sites for hydroxylation is 2. The Labute approximate surface area is 113 Å². The number of hydrogen-bond donors (Lipinski definition) is 1. The van der Waals surface area contributed by atoms with Gasteiger partial charge in [0.15, 0.2) is 0 Å². The Morgan fingerprint density at radius 2 is 2.16 bits per heavy atom. The summed E-state index contributed by atoms with van der Waals surface area (Å²) < 4.78 is 7.53. The van der Waals surface area contributed by atoms with Crippen LogP contribution in [0, 0.1) is 6.92 Å². The molecule has 0 radical (unpaired) electrons. The standard InChI is InChI=1S/C15H19N3O/c1-10-6-3-4-7-11(10)13-14(12-8-5-9-19-12)17-18(2)15(13)16/h3-4,6-7,12H,5,8-9,16H2,1-2H3. The highest BCUT2D eigenvalue weighted by Gasteiger charge is 2.27. The van der Waals surface area contributed by atoms with Gasteiger partial charge in [-0.1, -0.05) is 24.3 Å². The molecule has 100 valence electrons. The fourth-order valence-corrected chi connectivity index (χ4v) is 2.71. The van der Waals surface area contributed by atoms with E-state index in [2.05, 4.69) is 24.2 Å². The molecule has 2 N–H and O–H groups in total. The summed E-state index contributed by atoms with van der Waals surface area (Å²) in [6.45, 7) is 2.91. The quantitative estimate of drug-likeness (QED) is 0.900. The molecular weight excluding hydrogens is 238 g/mol.